The highest BCUT2D eigenvalue weighted by atomic mass is 19.4. The lowest BCUT2D eigenvalue weighted by molar-refractivity contribution is -0.274. The first-order valence-corrected chi connectivity index (χ1v) is 5.51. The highest BCUT2D eigenvalue weighted by molar-refractivity contribution is 5.72. The summed E-state index contributed by atoms with van der Waals surface area (Å²) >= 11 is 0. The van der Waals surface area contributed by atoms with Crippen molar-refractivity contribution in [2.24, 2.45) is 0 Å². The fourth-order valence-electron chi connectivity index (χ4n) is 1.72. The van der Waals surface area contributed by atoms with Crippen LogP contribution in [0.25, 0.3) is 11.1 Å². The molecule has 2 aromatic carbocycles. The van der Waals surface area contributed by atoms with Crippen LogP contribution in [0.4, 0.5) is 17.6 Å². The summed E-state index contributed by atoms with van der Waals surface area (Å²) in [5.74, 6) is 1.32. The molecular formula is C15H8F4O. The molecule has 2 rings (SSSR count). The van der Waals surface area contributed by atoms with Gasteiger partial charge in [0.25, 0.3) is 0 Å². The molecule has 0 fully saturated rings. The molecule has 0 saturated carbocycles. The first kappa shape index (κ1) is 13.9. The Morgan fingerprint density at radius 1 is 1.05 bits per heavy atom. The number of benzene rings is 2. The van der Waals surface area contributed by atoms with E-state index in [9.17, 15) is 17.6 Å². The lowest BCUT2D eigenvalue weighted by Crippen LogP contribution is -2.17. The van der Waals surface area contributed by atoms with Crippen molar-refractivity contribution in [2.45, 2.75) is 6.36 Å². The summed E-state index contributed by atoms with van der Waals surface area (Å²) in [4.78, 5) is 0. The maximum absolute atomic E-state index is 13.2. The van der Waals surface area contributed by atoms with Gasteiger partial charge in [-0.15, -0.1) is 19.6 Å². The van der Waals surface area contributed by atoms with Crippen LogP contribution in [0.3, 0.4) is 0 Å². The first-order valence-electron chi connectivity index (χ1n) is 5.51. The molecule has 0 amide bonds. The van der Waals surface area contributed by atoms with E-state index in [4.69, 9.17) is 6.42 Å². The Morgan fingerprint density at radius 2 is 1.80 bits per heavy atom. The van der Waals surface area contributed by atoms with Gasteiger partial charge in [-0.1, -0.05) is 18.1 Å². The van der Waals surface area contributed by atoms with E-state index in [1.807, 2.05) is 0 Å². The van der Waals surface area contributed by atoms with Gasteiger partial charge < -0.3 is 4.74 Å². The summed E-state index contributed by atoms with van der Waals surface area (Å²) in [6.45, 7) is 0. The molecule has 0 saturated heterocycles. The van der Waals surface area contributed by atoms with Gasteiger partial charge in [0.05, 0.1) is 0 Å². The average molecular weight is 280 g/mol. The van der Waals surface area contributed by atoms with Crippen LogP contribution >= 0.6 is 0 Å². The SMILES string of the molecule is C#Cc1ccc(OC(F)(F)F)c(-c2cccc(F)c2)c1. The molecule has 0 radical (unpaired) electrons. The summed E-state index contributed by atoms with van der Waals surface area (Å²) < 4.78 is 54.2. The number of alkyl halides is 3. The monoisotopic (exact) mass is 280 g/mol. The average Bonchev–Trinajstić information content (AvgIpc) is 2.37. The Hall–Kier alpha value is -2.48. The van der Waals surface area contributed by atoms with Crippen molar-refractivity contribution in [1.82, 2.24) is 0 Å². The number of halogens is 4. The molecule has 0 aliphatic carbocycles. The van der Waals surface area contributed by atoms with Crippen molar-refractivity contribution in [3.63, 3.8) is 0 Å². The van der Waals surface area contributed by atoms with Gasteiger partial charge in [-0.25, -0.2) is 4.39 Å². The smallest absolute Gasteiger partial charge is 0.405 e. The zero-order chi connectivity index (χ0) is 14.8. The number of hydrogen-bond donors (Lipinski definition) is 0. The highest BCUT2D eigenvalue weighted by Gasteiger charge is 2.32. The van der Waals surface area contributed by atoms with Crippen LogP contribution in [-0.2, 0) is 0 Å². The van der Waals surface area contributed by atoms with E-state index in [0.29, 0.717) is 5.56 Å². The molecule has 102 valence electrons. The quantitative estimate of drug-likeness (QED) is 0.586. The van der Waals surface area contributed by atoms with Gasteiger partial charge in [-0.3, -0.25) is 0 Å². The molecule has 5 heteroatoms. The molecule has 0 heterocycles. The Morgan fingerprint density at radius 3 is 2.40 bits per heavy atom. The Balaban J connectivity index is 2.56. The molecule has 1 nitrogen and oxygen atoms in total. The molecule has 0 N–H and O–H groups in total. The van der Waals surface area contributed by atoms with Crippen LogP contribution in [0.2, 0.25) is 0 Å². The second kappa shape index (κ2) is 5.25. The molecular weight excluding hydrogens is 272 g/mol. The maximum Gasteiger partial charge on any atom is 0.573 e. The minimum Gasteiger partial charge on any atom is -0.405 e. The molecule has 0 bridgehead atoms. The second-order valence-electron chi connectivity index (χ2n) is 3.91. The third-order valence-corrected chi connectivity index (χ3v) is 2.51. The zero-order valence-corrected chi connectivity index (χ0v) is 10.0. The van der Waals surface area contributed by atoms with Crippen LogP contribution in [0, 0.1) is 18.2 Å². The van der Waals surface area contributed by atoms with E-state index < -0.39 is 17.9 Å². The van der Waals surface area contributed by atoms with Crippen LogP contribution in [0.15, 0.2) is 42.5 Å². The maximum atomic E-state index is 13.2. The molecule has 0 unspecified atom stereocenters. The van der Waals surface area contributed by atoms with Crippen molar-refractivity contribution in [3.05, 3.63) is 53.8 Å². The van der Waals surface area contributed by atoms with E-state index in [0.717, 1.165) is 12.1 Å². The van der Waals surface area contributed by atoms with E-state index in [1.165, 1.54) is 30.3 Å². The number of terminal acetylenes is 1. The zero-order valence-electron chi connectivity index (χ0n) is 10.0. The molecule has 0 aliphatic rings. The molecule has 20 heavy (non-hydrogen) atoms. The Kier molecular flexibility index (Phi) is 3.66. The minimum atomic E-state index is -4.83. The number of ether oxygens (including phenoxy) is 1. The predicted molar refractivity (Wildman–Crippen MR) is 66.5 cm³/mol. The molecule has 0 aromatic heterocycles. The number of hydrogen-bond acceptors (Lipinski definition) is 1. The third-order valence-electron chi connectivity index (χ3n) is 2.51. The lowest BCUT2D eigenvalue weighted by Gasteiger charge is -2.14. The van der Waals surface area contributed by atoms with Crippen LogP contribution in [0.5, 0.6) is 5.75 Å². The summed E-state index contributed by atoms with van der Waals surface area (Å²) in [7, 11) is 0. The van der Waals surface area contributed by atoms with Crippen LogP contribution in [0.1, 0.15) is 5.56 Å². The van der Waals surface area contributed by atoms with Crippen molar-refractivity contribution >= 4 is 0 Å². The van der Waals surface area contributed by atoms with Gasteiger partial charge in [-0.05, 0) is 35.9 Å². The first-order chi connectivity index (χ1) is 9.39. The van der Waals surface area contributed by atoms with E-state index >= 15 is 0 Å². The topological polar surface area (TPSA) is 9.23 Å². The minimum absolute atomic E-state index is 0.0808. The van der Waals surface area contributed by atoms with Crippen molar-refractivity contribution in [1.29, 1.82) is 0 Å². The Bertz CT molecular complexity index is 668. The van der Waals surface area contributed by atoms with Gasteiger partial charge in [0.15, 0.2) is 0 Å². The lowest BCUT2D eigenvalue weighted by atomic mass is 10.0. The fourth-order valence-corrected chi connectivity index (χ4v) is 1.72. The van der Waals surface area contributed by atoms with Gasteiger partial charge in [0.2, 0.25) is 0 Å². The summed E-state index contributed by atoms with van der Waals surface area (Å²) in [5.41, 5.74) is 0.706. The van der Waals surface area contributed by atoms with Gasteiger partial charge in [-0.2, -0.15) is 0 Å². The third kappa shape index (κ3) is 3.29. The Labute approximate surface area is 112 Å². The summed E-state index contributed by atoms with van der Waals surface area (Å²) in [5, 5.41) is 0. The van der Waals surface area contributed by atoms with E-state index in [-0.39, 0.29) is 11.1 Å². The van der Waals surface area contributed by atoms with Crippen molar-refractivity contribution in [3.8, 4) is 29.2 Å². The van der Waals surface area contributed by atoms with Gasteiger partial charge in [0, 0.05) is 11.1 Å². The van der Waals surface area contributed by atoms with Crippen molar-refractivity contribution in [2.75, 3.05) is 0 Å². The predicted octanol–water partition coefficient (Wildman–Crippen LogP) is 4.37. The largest absolute Gasteiger partial charge is 0.573 e. The molecule has 0 atom stereocenters. The number of rotatable bonds is 2. The summed E-state index contributed by atoms with van der Waals surface area (Å²) in [6.07, 6.45) is 0.383. The molecule has 0 aliphatic heterocycles. The van der Waals surface area contributed by atoms with Crippen LogP contribution in [-0.4, -0.2) is 6.36 Å². The highest BCUT2D eigenvalue weighted by Crippen LogP contribution is 2.34. The van der Waals surface area contributed by atoms with E-state index in [1.54, 1.807) is 0 Å². The van der Waals surface area contributed by atoms with Gasteiger partial charge in [0.1, 0.15) is 11.6 Å². The standard InChI is InChI=1S/C15H8F4O/c1-2-10-6-7-14(20-15(17,18)19)13(8-10)11-4-3-5-12(16)9-11/h1,3-9H. The van der Waals surface area contributed by atoms with E-state index in [2.05, 4.69) is 10.7 Å². The van der Waals surface area contributed by atoms with Crippen molar-refractivity contribution < 1.29 is 22.3 Å². The molecule has 0 spiro atoms. The fraction of sp³-hybridized carbons (Fsp3) is 0.0667. The normalized spacial score (nSPS) is 10.9. The van der Waals surface area contributed by atoms with Crippen LogP contribution < -0.4 is 4.74 Å². The summed E-state index contributed by atoms with van der Waals surface area (Å²) in [6, 6.07) is 8.95. The molecule has 2 aromatic rings. The second-order valence-corrected chi connectivity index (χ2v) is 3.91. The van der Waals surface area contributed by atoms with Gasteiger partial charge >= 0.3 is 6.36 Å².